The first-order chi connectivity index (χ1) is 12.2. The Hall–Kier alpha value is -2.61. The van der Waals surface area contributed by atoms with Crippen LogP contribution in [0.2, 0.25) is 0 Å². The number of benzene rings is 1. The Balaban J connectivity index is 1.83. The average Bonchev–Trinajstić information content (AvgIpc) is 3.09. The molecule has 1 atom stereocenters. The van der Waals surface area contributed by atoms with Gasteiger partial charge >= 0.3 is 12.0 Å². The van der Waals surface area contributed by atoms with E-state index in [1.54, 1.807) is 38.1 Å². The van der Waals surface area contributed by atoms with Crippen LogP contribution in [0.4, 0.5) is 16.2 Å². The summed E-state index contributed by atoms with van der Waals surface area (Å²) in [6.45, 7) is 4.14. The molecule has 1 aliphatic rings. The minimum Gasteiger partial charge on any atom is -0.481 e. The van der Waals surface area contributed by atoms with Crippen molar-refractivity contribution in [3.63, 3.8) is 0 Å². The topological polar surface area (TPSA) is 117 Å². The highest BCUT2D eigenvalue weighted by molar-refractivity contribution is 5.95. The first-order valence-electron chi connectivity index (χ1n) is 8.59. The lowest BCUT2D eigenvalue weighted by molar-refractivity contribution is -0.137. The van der Waals surface area contributed by atoms with Gasteiger partial charge in [0.25, 0.3) is 5.91 Å². The maximum atomic E-state index is 12.1. The molecule has 1 saturated heterocycles. The van der Waals surface area contributed by atoms with E-state index in [1.807, 2.05) is 0 Å². The fourth-order valence-electron chi connectivity index (χ4n) is 2.60. The van der Waals surface area contributed by atoms with Gasteiger partial charge in [-0.2, -0.15) is 0 Å². The zero-order valence-corrected chi connectivity index (χ0v) is 15.0. The van der Waals surface area contributed by atoms with Crippen LogP contribution in [0.1, 0.15) is 39.5 Å². The summed E-state index contributed by atoms with van der Waals surface area (Å²) in [5.41, 5.74) is 0.544. The number of hydrogen-bond acceptors (Lipinski definition) is 4. The van der Waals surface area contributed by atoms with E-state index >= 15 is 0 Å². The molecule has 0 aromatic heterocycles. The summed E-state index contributed by atoms with van der Waals surface area (Å²) in [6, 6.07) is 6.32. The summed E-state index contributed by atoms with van der Waals surface area (Å²) in [5.74, 6) is -1.07. The van der Waals surface area contributed by atoms with Crippen LogP contribution >= 0.6 is 0 Å². The van der Waals surface area contributed by atoms with Crippen LogP contribution in [-0.4, -0.2) is 41.3 Å². The number of carboxylic acid groups (broad SMARTS) is 1. The van der Waals surface area contributed by atoms with E-state index in [0.29, 0.717) is 24.4 Å². The maximum absolute atomic E-state index is 12.1. The Morgan fingerprint density at radius 2 is 1.77 bits per heavy atom. The van der Waals surface area contributed by atoms with Crippen LogP contribution in [-0.2, 0) is 14.3 Å². The number of aliphatic carboxylic acids is 1. The normalized spacial score (nSPS) is 16.8. The van der Waals surface area contributed by atoms with Crippen molar-refractivity contribution >= 4 is 29.3 Å². The fourth-order valence-corrected chi connectivity index (χ4v) is 2.60. The second-order valence-corrected chi connectivity index (χ2v) is 6.93. The lowest BCUT2D eigenvalue weighted by Gasteiger charge is -2.25. The number of carbonyl (C=O) groups is 3. The Morgan fingerprint density at radius 1 is 1.15 bits per heavy atom. The molecule has 1 fully saturated rings. The number of hydrogen-bond donors (Lipinski definition) is 4. The largest absolute Gasteiger partial charge is 0.481 e. The summed E-state index contributed by atoms with van der Waals surface area (Å²) in [7, 11) is 0. The van der Waals surface area contributed by atoms with Gasteiger partial charge in [-0.3, -0.25) is 9.59 Å². The predicted octanol–water partition coefficient (Wildman–Crippen LogP) is 2.57. The van der Waals surface area contributed by atoms with Crippen molar-refractivity contribution in [1.29, 1.82) is 0 Å². The molecule has 1 unspecified atom stereocenters. The molecule has 26 heavy (non-hydrogen) atoms. The molecule has 3 amide bonds. The molecule has 2 rings (SSSR count). The van der Waals surface area contributed by atoms with E-state index in [0.717, 1.165) is 12.8 Å². The smallest absolute Gasteiger partial charge is 0.319 e. The van der Waals surface area contributed by atoms with Gasteiger partial charge in [-0.1, -0.05) is 0 Å². The maximum Gasteiger partial charge on any atom is 0.319 e. The molecule has 142 valence electrons. The number of ether oxygens (including phenoxy) is 1. The quantitative estimate of drug-likeness (QED) is 0.594. The third kappa shape index (κ3) is 6.36. The lowest BCUT2D eigenvalue weighted by Crippen LogP contribution is -2.45. The summed E-state index contributed by atoms with van der Waals surface area (Å²) in [5, 5.41) is 17.0. The van der Waals surface area contributed by atoms with Crippen molar-refractivity contribution in [2.24, 2.45) is 0 Å². The highest BCUT2D eigenvalue weighted by atomic mass is 16.5. The van der Waals surface area contributed by atoms with Gasteiger partial charge in [0.05, 0.1) is 0 Å². The van der Waals surface area contributed by atoms with E-state index < -0.39 is 23.6 Å². The van der Waals surface area contributed by atoms with E-state index in [4.69, 9.17) is 9.84 Å². The minimum absolute atomic E-state index is 0.0214. The monoisotopic (exact) mass is 363 g/mol. The van der Waals surface area contributed by atoms with Gasteiger partial charge in [-0.15, -0.1) is 0 Å². The van der Waals surface area contributed by atoms with Crippen molar-refractivity contribution in [1.82, 2.24) is 5.32 Å². The molecule has 0 radical (unpaired) electrons. The van der Waals surface area contributed by atoms with Gasteiger partial charge < -0.3 is 25.8 Å². The highest BCUT2D eigenvalue weighted by Crippen LogP contribution is 2.18. The number of anilines is 2. The predicted molar refractivity (Wildman–Crippen MR) is 97.1 cm³/mol. The van der Waals surface area contributed by atoms with Crippen LogP contribution in [0.15, 0.2) is 24.3 Å². The van der Waals surface area contributed by atoms with Gasteiger partial charge in [-0.05, 0) is 57.4 Å². The van der Waals surface area contributed by atoms with Crippen LogP contribution in [0.3, 0.4) is 0 Å². The van der Waals surface area contributed by atoms with Gasteiger partial charge in [0.15, 0.2) is 0 Å². The number of nitrogens with one attached hydrogen (secondary N) is 3. The SMILES string of the molecule is CC(C)(CCC(=O)O)NC(=O)Nc1ccc(NC(=O)C2CCCO2)cc1. The van der Waals surface area contributed by atoms with Crippen molar-refractivity contribution in [3.05, 3.63) is 24.3 Å². The first-order valence-corrected chi connectivity index (χ1v) is 8.59. The molecule has 8 heteroatoms. The number of amides is 3. The summed E-state index contributed by atoms with van der Waals surface area (Å²) in [4.78, 5) is 34.7. The molecular weight excluding hydrogens is 338 g/mol. The van der Waals surface area contributed by atoms with E-state index in [1.165, 1.54) is 0 Å². The molecule has 4 N–H and O–H groups in total. The highest BCUT2D eigenvalue weighted by Gasteiger charge is 2.24. The molecule has 1 aliphatic heterocycles. The molecule has 1 aromatic carbocycles. The molecule has 0 saturated carbocycles. The molecule has 0 aliphatic carbocycles. The molecule has 0 spiro atoms. The molecule has 0 bridgehead atoms. The molecule has 1 aromatic rings. The van der Waals surface area contributed by atoms with Gasteiger partial charge in [0, 0.05) is 29.9 Å². The van der Waals surface area contributed by atoms with Gasteiger partial charge in [0.2, 0.25) is 0 Å². The van der Waals surface area contributed by atoms with Crippen molar-refractivity contribution in [2.45, 2.75) is 51.2 Å². The van der Waals surface area contributed by atoms with Crippen molar-refractivity contribution < 1.29 is 24.2 Å². The van der Waals surface area contributed by atoms with Crippen LogP contribution in [0.25, 0.3) is 0 Å². The van der Waals surface area contributed by atoms with Crippen LogP contribution in [0.5, 0.6) is 0 Å². The molecular formula is C18H25N3O5. The first kappa shape index (κ1) is 19.7. The lowest BCUT2D eigenvalue weighted by atomic mass is 9.99. The Kier molecular flexibility index (Phi) is 6.57. The van der Waals surface area contributed by atoms with E-state index in [9.17, 15) is 14.4 Å². The van der Waals surface area contributed by atoms with Gasteiger partial charge in [-0.25, -0.2) is 4.79 Å². The summed E-state index contributed by atoms with van der Waals surface area (Å²) < 4.78 is 5.33. The van der Waals surface area contributed by atoms with Crippen LogP contribution in [0, 0.1) is 0 Å². The van der Waals surface area contributed by atoms with Crippen molar-refractivity contribution in [2.75, 3.05) is 17.2 Å². The molecule has 8 nitrogen and oxygen atoms in total. The number of carboxylic acids is 1. The summed E-state index contributed by atoms with van der Waals surface area (Å²) in [6.07, 6.45) is 1.52. The van der Waals surface area contributed by atoms with E-state index in [-0.39, 0.29) is 12.3 Å². The third-order valence-corrected chi connectivity index (χ3v) is 4.05. The molecule has 1 heterocycles. The zero-order valence-electron chi connectivity index (χ0n) is 15.0. The standard InChI is InChI=1S/C18H25N3O5/c1-18(2,10-9-15(22)23)21-17(25)20-13-7-5-12(6-8-13)19-16(24)14-4-3-11-26-14/h5-8,14H,3-4,9-11H2,1-2H3,(H,19,24)(H,22,23)(H2,20,21,25). The second kappa shape index (κ2) is 8.66. The van der Waals surface area contributed by atoms with Gasteiger partial charge in [0.1, 0.15) is 6.10 Å². The number of rotatable bonds is 7. The second-order valence-electron chi connectivity index (χ2n) is 6.93. The fraction of sp³-hybridized carbons (Fsp3) is 0.500. The number of urea groups is 1. The Morgan fingerprint density at radius 3 is 2.31 bits per heavy atom. The summed E-state index contributed by atoms with van der Waals surface area (Å²) >= 11 is 0. The number of carbonyl (C=O) groups excluding carboxylic acids is 2. The van der Waals surface area contributed by atoms with Crippen molar-refractivity contribution in [3.8, 4) is 0 Å². The van der Waals surface area contributed by atoms with Crippen LogP contribution < -0.4 is 16.0 Å². The Labute approximate surface area is 152 Å². The third-order valence-electron chi connectivity index (χ3n) is 4.05. The average molecular weight is 363 g/mol. The minimum atomic E-state index is -0.902. The Bertz CT molecular complexity index is 651. The zero-order chi connectivity index (χ0) is 19.2. The van der Waals surface area contributed by atoms with E-state index in [2.05, 4.69) is 16.0 Å².